The van der Waals surface area contributed by atoms with E-state index >= 15 is 0 Å². The number of carbonyl (C=O) groups excluding carboxylic acids is 1. The molecule has 10 heteroatoms. The molecular formula is C21H39O9P. The van der Waals surface area contributed by atoms with Crippen molar-refractivity contribution in [3.05, 3.63) is 0 Å². The zero-order chi connectivity index (χ0) is 22.7. The Hall–Kier alpha value is -0.540. The van der Waals surface area contributed by atoms with Crippen LogP contribution in [0.4, 0.5) is 0 Å². The minimum absolute atomic E-state index is 0.265. The number of esters is 1. The molecule has 0 aromatic carbocycles. The molecule has 5 atom stereocenters. The smallest absolute Gasteiger partial charge is 0.463 e. The molecule has 182 valence electrons. The quantitative estimate of drug-likeness (QED) is 0.113. The van der Waals surface area contributed by atoms with Crippen molar-refractivity contribution in [1.29, 1.82) is 0 Å². The molecule has 2 fully saturated rings. The van der Waals surface area contributed by atoms with Crippen molar-refractivity contribution >= 4 is 13.8 Å². The standard InChI is InChI=1S/C21H39O9P/c1-2-3-7-10-17-19(29-17)13-20-18(30-20)11-8-5-4-6-9-12-21(23)27-14-16(22)15-28-31(24,25)26/h16-20,22H,2-15H2,1H3,(H2,24,25,26)/t16?,17-,18+,19+,20-/m0/s1. The van der Waals surface area contributed by atoms with Gasteiger partial charge in [0.25, 0.3) is 0 Å². The molecule has 0 aliphatic carbocycles. The Bertz CT molecular complexity index is 567. The van der Waals surface area contributed by atoms with E-state index in [-0.39, 0.29) is 13.0 Å². The fraction of sp³-hybridized carbons (Fsp3) is 0.952. The zero-order valence-electron chi connectivity index (χ0n) is 18.5. The van der Waals surface area contributed by atoms with Gasteiger partial charge in [0.05, 0.1) is 31.0 Å². The predicted octanol–water partition coefficient (Wildman–Crippen LogP) is 3.24. The second-order valence-corrected chi connectivity index (χ2v) is 9.83. The number of aliphatic hydroxyl groups excluding tert-OH is 1. The van der Waals surface area contributed by atoms with Crippen molar-refractivity contribution in [2.24, 2.45) is 0 Å². The molecule has 0 bridgehead atoms. The molecule has 31 heavy (non-hydrogen) atoms. The van der Waals surface area contributed by atoms with Crippen molar-refractivity contribution in [3.63, 3.8) is 0 Å². The summed E-state index contributed by atoms with van der Waals surface area (Å²) in [6.45, 7) is 1.29. The number of hydrogen-bond acceptors (Lipinski definition) is 7. The number of unbranched alkanes of at least 4 members (excludes halogenated alkanes) is 6. The van der Waals surface area contributed by atoms with Gasteiger partial charge >= 0.3 is 13.8 Å². The van der Waals surface area contributed by atoms with Crippen molar-refractivity contribution in [2.75, 3.05) is 13.2 Å². The van der Waals surface area contributed by atoms with Crippen LogP contribution in [-0.4, -0.2) is 64.6 Å². The Kier molecular flexibility index (Phi) is 12.0. The number of ether oxygens (including phenoxy) is 3. The highest BCUT2D eigenvalue weighted by Crippen LogP contribution is 2.39. The SMILES string of the molecule is CCCCC[C@@H]1O[C@@H]1C[C@@H]1O[C@@H]1CCCCCCCC(=O)OCC(O)COP(=O)(O)O. The van der Waals surface area contributed by atoms with E-state index in [9.17, 15) is 14.5 Å². The van der Waals surface area contributed by atoms with Crippen LogP contribution in [0.5, 0.6) is 0 Å². The molecule has 9 nitrogen and oxygen atoms in total. The van der Waals surface area contributed by atoms with Crippen molar-refractivity contribution in [1.82, 2.24) is 0 Å². The van der Waals surface area contributed by atoms with E-state index in [1.165, 1.54) is 25.7 Å². The van der Waals surface area contributed by atoms with Gasteiger partial charge in [-0.25, -0.2) is 4.57 Å². The van der Waals surface area contributed by atoms with Crippen LogP contribution < -0.4 is 0 Å². The molecule has 0 aromatic rings. The van der Waals surface area contributed by atoms with E-state index in [0.717, 1.165) is 44.9 Å². The summed E-state index contributed by atoms with van der Waals surface area (Å²) in [5.74, 6) is -0.431. The van der Waals surface area contributed by atoms with Crippen LogP contribution in [-0.2, 0) is 28.1 Å². The molecule has 2 heterocycles. The Labute approximate surface area is 185 Å². The maximum absolute atomic E-state index is 11.6. The first-order chi connectivity index (χ1) is 14.8. The number of rotatable bonds is 19. The topological polar surface area (TPSA) is 138 Å². The molecule has 2 rings (SSSR count). The summed E-state index contributed by atoms with van der Waals surface area (Å²) >= 11 is 0. The van der Waals surface area contributed by atoms with Crippen LogP contribution in [0.1, 0.15) is 84.0 Å². The molecule has 3 N–H and O–H groups in total. The highest BCUT2D eigenvalue weighted by atomic mass is 31.2. The van der Waals surface area contributed by atoms with Gasteiger partial charge in [0, 0.05) is 12.8 Å². The van der Waals surface area contributed by atoms with Crippen LogP contribution in [0.2, 0.25) is 0 Å². The van der Waals surface area contributed by atoms with Crippen LogP contribution >= 0.6 is 7.82 Å². The van der Waals surface area contributed by atoms with Crippen molar-refractivity contribution in [2.45, 2.75) is 114 Å². The molecule has 0 spiro atoms. The van der Waals surface area contributed by atoms with Gasteiger partial charge < -0.3 is 29.1 Å². The van der Waals surface area contributed by atoms with Gasteiger partial charge in [-0.2, -0.15) is 0 Å². The Morgan fingerprint density at radius 2 is 1.48 bits per heavy atom. The molecule has 0 amide bonds. The normalized spacial score (nSPS) is 25.9. The van der Waals surface area contributed by atoms with Crippen molar-refractivity contribution < 1.29 is 43.0 Å². The van der Waals surface area contributed by atoms with Gasteiger partial charge in [0.1, 0.15) is 12.7 Å². The lowest BCUT2D eigenvalue weighted by molar-refractivity contribution is -0.147. The lowest BCUT2D eigenvalue weighted by Crippen LogP contribution is -2.23. The van der Waals surface area contributed by atoms with E-state index in [1.807, 2.05) is 0 Å². The third-order valence-corrected chi connectivity index (χ3v) is 6.16. The average molecular weight is 467 g/mol. The molecule has 2 saturated heterocycles. The van der Waals surface area contributed by atoms with Gasteiger partial charge in [0.15, 0.2) is 0 Å². The number of hydrogen-bond donors (Lipinski definition) is 3. The first kappa shape index (κ1) is 26.7. The fourth-order valence-electron chi connectivity index (χ4n) is 3.74. The molecule has 0 radical (unpaired) electrons. The number of phosphoric ester groups is 1. The molecular weight excluding hydrogens is 427 g/mol. The number of phosphoric acid groups is 1. The summed E-state index contributed by atoms with van der Waals surface area (Å²) in [5, 5.41) is 9.44. The molecule has 2 aliphatic rings. The number of carbonyl (C=O) groups is 1. The molecule has 2 aliphatic heterocycles. The molecule has 1 unspecified atom stereocenters. The Balaban J connectivity index is 1.34. The first-order valence-corrected chi connectivity index (χ1v) is 13.2. The highest BCUT2D eigenvalue weighted by molar-refractivity contribution is 7.46. The summed E-state index contributed by atoms with van der Waals surface area (Å²) in [5.41, 5.74) is 0. The van der Waals surface area contributed by atoms with Crippen LogP contribution in [0.3, 0.4) is 0 Å². The first-order valence-electron chi connectivity index (χ1n) is 11.6. The van der Waals surface area contributed by atoms with Gasteiger partial charge in [0.2, 0.25) is 0 Å². The second-order valence-electron chi connectivity index (χ2n) is 8.59. The van der Waals surface area contributed by atoms with E-state index < -0.39 is 26.5 Å². The van der Waals surface area contributed by atoms with Gasteiger partial charge in [-0.05, 0) is 19.3 Å². The molecule has 0 aromatic heterocycles. The van der Waals surface area contributed by atoms with Crippen molar-refractivity contribution in [3.8, 4) is 0 Å². The summed E-state index contributed by atoms with van der Waals surface area (Å²) in [4.78, 5) is 28.7. The van der Waals surface area contributed by atoms with Crippen LogP contribution in [0.25, 0.3) is 0 Å². The van der Waals surface area contributed by atoms with E-state index in [2.05, 4.69) is 11.4 Å². The van der Waals surface area contributed by atoms with E-state index in [0.29, 0.717) is 24.4 Å². The zero-order valence-corrected chi connectivity index (χ0v) is 19.4. The summed E-state index contributed by atoms with van der Waals surface area (Å²) in [7, 11) is -4.63. The minimum atomic E-state index is -4.63. The van der Waals surface area contributed by atoms with Gasteiger partial charge in [-0.3, -0.25) is 9.32 Å². The third kappa shape index (κ3) is 12.9. The minimum Gasteiger partial charge on any atom is -0.463 e. The van der Waals surface area contributed by atoms with Crippen LogP contribution in [0, 0.1) is 0 Å². The third-order valence-electron chi connectivity index (χ3n) is 5.67. The highest BCUT2D eigenvalue weighted by Gasteiger charge is 2.47. The maximum atomic E-state index is 11.6. The predicted molar refractivity (Wildman–Crippen MR) is 113 cm³/mol. The maximum Gasteiger partial charge on any atom is 0.469 e. The van der Waals surface area contributed by atoms with Gasteiger partial charge in [-0.15, -0.1) is 0 Å². The summed E-state index contributed by atoms with van der Waals surface area (Å²) in [6, 6.07) is 0. The number of aliphatic hydroxyl groups is 1. The molecule has 0 saturated carbocycles. The van der Waals surface area contributed by atoms with Gasteiger partial charge in [-0.1, -0.05) is 51.9 Å². The lowest BCUT2D eigenvalue weighted by atomic mass is 10.0. The lowest BCUT2D eigenvalue weighted by Gasteiger charge is -2.12. The van der Waals surface area contributed by atoms with Crippen LogP contribution in [0.15, 0.2) is 0 Å². The van der Waals surface area contributed by atoms with E-state index in [4.69, 9.17) is 24.0 Å². The summed E-state index contributed by atoms with van der Waals surface area (Å²) < 4.78 is 31.0. The Morgan fingerprint density at radius 3 is 2.10 bits per heavy atom. The van der Waals surface area contributed by atoms with E-state index in [1.54, 1.807) is 0 Å². The second kappa shape index (κ2) is 13.9. The Morgan fingerprint density at radius 1 is 0.903 bits per heavy atom. The fourth-order valence-corrected chi connectivity index (χ4v) is 4.11. The monoisotopic (exact) mass is 466 g/mol. The largest absolute Gasteiger partial charge is 0.469 e. The number of epoxide rings is 2. The summed E-state index contributed by atoms with van der Waals surface area (Å²) in [6.07, 6.45) is 12.8. The average Bonchev–Trinajstić information content (AvgIpc) is 3.62.